The molecule has 1 atom stereocenters. The smallest absolute Gasteiger partial charge is 0.412 e. The zero-order valence-electron chi connectivity index (χ0n) is 12.7. The first-order chi connectivity index (χ1) is 9.73. The van der Waals surface area contributed by atoms with E-state index in [1.807, 2.05) is 0 Å². The average Bonchev–Trinajstić information content (AvgIpc) is 2.36. The monoisotopic (exact) mass is 295 g/mol. The van der Waals surface area contributed by atoms with Gasteiger partial charge in [-0.05, 0) is 45.4 Å². The van der Waals surface area contributed by atoms with Crippen molar-refractivity contribution in [1.82, 2.24) is 0 Å². The third-order valence-corrected chi connectivity index (χ3v) is 2.36. The lowest BCUT2D eigenvalue weighted by molar-refractivity contribution is -0.153. The summed E-state index contributed by atoms with van der Waals surface area (Å²) in [6.07, 6.45) is -1.99. The maximum Gasteiger partial charge on any atom is 0.412 e. The van der Waals surface area contributed by atoms with E-state index in [0.29, 0.717) is 11.3 Å². The number of rotatable bonds is 4. The first-order valence-corrected chi connectivity index (χ1v) is 6.67. The molecule has 0 aliphatic carbocycles. The van der Waals surface area contributed by atoms with Gasteiger partial charge in [0, 0.05) is 5.69 Å². The van der Waals surface area contributed by atoms with Gasteiger partial charge in [0.05, 0.1) is 6.61 Å². The summed E-state index contributed by atoms with van der Waals surface area (Å²) in [5.74, 6) is -0.730. The minimum absolute atomic E-state index is 0.186. The Kier molecular flexibility index (Phi) is 5.72. The number of carbonyl (C=O) groups excluding carboxylic acids is 2. The molecule has 0 spiro atoms. The van der Waals surface area contributed by atoms with E-state index in [1.165, 1.54) is 6.07 Å². The fourth-order valence-electron chi connectivity index (χ4n) is 1.57. The molecular weight excluding hydrogens is 274 g/mol. The molecule has 116 valence electrons. The van der Waals surface area contributed by atoms with E-state index in [2.05, 4.69) is 5.32 Å². The fourth-order valence-corrected chi connectivity index (χ4v) is 1.57. The summed E-state index contributed by atoms with van der Waals surface area (Å²) in [5, 5.41) is 12.4. The van der Waals surface area contributed by atoms with Crippen molar-refractivity contribution in [1.29, 1.82) is 0 Å². The van der Waals surface area contributed by atoms with Gasteiger partial charge in [-0.1, -0.05) is 12.1 Å². The zero-order valence-corrected chi connectivity index (χ0v) is 12.7. The Morgan fingerprint density at radius 3 is 2.57 bits per heavy atom. The molecule has 1 aromatic rings. The summed E-state index contributed by atoms with van der Waals surface area (Å²) in [6.45, 7) is 7.12. The van der Waals surface area contributed by atoms with Gasteiger partial charge < -0.3 is 14.6 Å². The number of aliphatic hydroxyl groups excluding tert-OH is 1. The van der Waals surface area contributed by atoms with Crippen molar-refractivity contribution in [2.24, 2.45) is 0 Å². The molecule has 0 saturated heterocycles. The van der Waals surface area contributed by atoms with E-state index in [9.17, 15) is 14.7 Å². The average molecular weight is 295 g/mol. The van der Waals surface area contributed by atoms with Gasteiger partial charge in [0.1, 0.15) is 5.60 Å². The summed E-state index contributed by atoms with van der Waals surface area (Å²) in [7, 11) is 0. The van der Waals surface area contributed by atoms with Crippen molar-refractivity contribution in [3.63, 3.8) is 0 Å². The predicted octanol–water partition coefficient (Wildman–Crippen LogP) is 2.63. The molecule has 0 saturated carbocycles. The Labute approximate surface area is 124 Å². The van der Waals surface area contributed by atoms with Gasteiger partial charge >= 0.3 is 12.1 Å². The Morgan fingerprint density at radius 2 is 2.00 bits per heavy atom. The van der Waals surface area contributed by atoms with Crippen LogP contribution in [0.25, 0.3) is 0 Å². The molecule has 1 unspecified atom stereocenters. The molecule has 0 aliphatic heterocycles. The van der Waals surface area contributed by atoms with Gasteiger partial charge in [-0.25, -0.2) is 9.59 Å². The third-order valence-electron chi connectivity index (χ3n) is 2.36. The largest absolute Gasteiger partial charge is 0.464 e. The summed E-state index contributed by atoms with van der Waals surface area (Å²) in [6, 6.07) is 6.31. The second-order valence-electron chi connectivity index (χ2n) is 5.41. The van der Waals surface area contributed by atoms with Crippen LogP contribution in [0.3, 0.4) is 0 Å². The quantitative estimate of drug-likeness (QED) is 0.834. The molecule has 0 fully saturated rings. The SMILES string of the molecule is CCOC(=O)C(O)c1cccc(NC(=O)OC(C)(C)C)c1. The number of hydrogen-bond acceptors (Lipinski definition) is 5. The fraction of sp³-hybridized carbons (Fsp3) is 0.467. The van der Waals surface area contributed by atoms with E-state index in [4.69, 9.17) is 9.47 Å². The van der Waals surface area contributed by atoms with Crippen LogP contribution < -0.4 is 5.32 Å². The van der Waals surface area contributed by atoms with Crippen LogP contribution in [-0.2, 0) is 14.3 Å². The number of ether oxygens (including phenoxy) is 2. The maximum atomic E-state index is 11.7. The van der Waals surface area contributed by atoms with E-state index in [0.717, 1.165) is 0 Å². The number of aliphatic hydroxyl groups is 1. The Balaban J connectivity index is 2.77. The summed E-state index contributed by atoms with van der Waals surface area (Å²) < 4.78 is 9.87. The van der Waals surface area contributed by atoms with Crippen molar-refractivity contribution in [3.8, 4) is 0 Å². The lowest BCUT2D eigenvalue weighted by atomic mass is 10.1. The Bertz CT molecular complexity index is 507. The summed E-state index contributed by atoms with van der Waals surface area (Å²) in [4.78, 5) is 23.1. The van der Waals surface area contributed by atoms with E-state index < -0.39 is 23.8 Å². The maximum absolute atomic E-state index is 11.7. The van der Waals surface area contributed by atoms with Gasteiger partial charge in [-0.3, -0.25) is 5.32 Å². The second-order valence-corrected chi connectivity index (χ2v) is 5.41. The van der Waals surface area contributed by atoms with Crippen LogP contribution >= 0.6 is 0 Å². The van der Waals surface area contributed by atoms with Gasteiger partial charge in [0.15, 0.2) is 6.10 Å². The van der Waals surface area contributed by atoms with Crippen molar-refractivity contribution >= 4 is 17.7 Å². The van der Waals surface area contributed by atoms with E-state index in [-0.39, 0.29) is 6.61 Å². The van der Waals surface area contributed by atoms with Crippen molar-refractivity contribution in [2.75, 3.05) is 11.9 Å². The van der Waals surface area contributed by atoms with Crippen LogP contribution in [0.5, 0.6) is 0 Å². The van der Waals surface area contributed by atoms with E-state index >= 15 is 0 Å². The summed E-state index contributed by atoms with van der Waals surface area (Å²) >= 11 is 0. The molecule has 6 heteroatoms. The van der Waals surface area contributed by atoms with Crippen LogP contribution in [0.2, 0.25) is 0 Å². The highest BCUT2D eigenvalue weighted by Gasteiger charge is 2.20. The van der Waals surface area contributed by atoms with Crippen molar-refractivity contribution in [2.45, 2.75) is 39.4 Å². The van der Waals surface area contributed by atoms with Gasteiger partial charge in [-0.15, -0.1) is 0 Å². The molecule has 1 aromatic carbocycles. The highest BCUT2D eigenvalue weighted by molar-refractivity contribution is 5.85. The third kappa shape index (κ3) is 5.83. The van der Waals surface area contributed by atoms with Gasteiger partial charge in [0.25, 0.3) is 0 Å². The molecule has 0 radical (unpaired) electrons. The summed E-state index contributed by atoms with van der Waals surface area (Å²) in [5.41, 5.74) is 0.152. The number of esters is 1. The highest BCUT2D eigenvalue weighted by atomic mass is 16.6. The molecule has 0 bridgehead atoms. The molecule has 21 heavy (non-hydrogen) atoms. The number of nitrogens with one attached hydrogen (secondary N) is 1. The van der Waals surface area contributed by atoms with Crippen LogP contribution in [0, 0.1) is 0 Å². The predicted molar refractivity (Wildman–Crippen MR) is 77.9 cm³/mol. The van der Waals surface area contributed by atoms with Crippen molar-refractivity contribution in [3.05, 3.63) is 29.8 Å². The Morgan fingerprint density at radius 1 is 1.33 bits per heavy atom. The molecule has 0 aliphatic rings. The lowest BCUT2D eigenvalue weighted by Gasteiger charge is -2.20. The van der Waals surface area contributed by atoms with Gasteiger partial charge in [0.2, 0.25) is 0 Å². The second kappa shape index (κ2) is 7.08. The molecule has 0 heterocycles. The standard InChI is InChI=1S/C15H21NO5/c1-5-20-13(18)12(17)10-7-6-8-11(9-10)16-14(19)21-15(2,3)4/h6-9,12,17H,5H2,1-4H3,(H,16,19). The normalized spacial score (nSPS) is 12.4. The van der Waals surface area contributed by atoms with Crippen LogP contribution in [0.4, 0.5) is 10.5 Å². The first-order valence-electron chi connectivity index (χ1n) is 6.67. The highest BCUT2D eigenvalue weighted by Crippen LogP contribution is 2.19. The molecule has 0 aromatic heterocycles. The van der Waals surface area contributed by atoms with Crippen LogP contribution in [0.1, 0.15) is 39.4 Å². The minimum Gasteiger partial charge on any atom is -0.464 e. The molecule has 6 nitrogen and oxygen atoms in total. The zero-order chi connectivity index (χ0) is 16.0. The number of amides is 1. The molecule has 2 N–H and O–H groups in total. The van der Waals surface area contributed by atoms with Crippen LogP contribution in [-0.4, -0.2) is 29.4 Å². The molecule has 1 amide bonds. The number of benzene rings is 1. The Hall–Kier alpha value is -2.08. The molecule has 1 rings (SSSR count). The van der Waals surface area contributed by atoms with Crippen LogP contribution in [0.15, 0.2) is 24.3 Å². The number of anilines is 1. The first kappa shape index (κ1) is 17.0. The van der Waals surface area contributed by atoms with Crippen molar-refractivity contribution < 1.29 is 24.2 Å². The van der Waals surface area contributed by atoms with Gasteiger partial charge in [-0.2, -0.15) is 0 Å². The minimum atomic E-state index is -1.38. The number of carbonyl (C=O) groups is 2. The number of hydrogen-bond donors (Lipinski definition) is 2. The molecular formula is C15H21NO5. The lowest BCUT2D eigenvalue weighted by Crippen LogP contribution is -2.27. The topological polar surface area (TPSA) is 84.9 Å². The van der Waals surface area contributed by atoms with E-state index in [1.54, 1.807) is 45.9 Å².